The van der Waals surface area contributed by atoms with E-state index in [9.17, 15) is 0 Å². The van der Waals surface area contributed by atoms with E-state index >= 15 is 0 Å². The highest BCUT2D eigenvalue weighted by Crippen LogP contribution is 2.30. The monoisotopic (exact) mass is 560 g/mol. The molecule has 2 fully saturated rings. The average Bonchev–Trinajstić information content (AvgIpc) is 3.21. The van der Waals surface area contributed by atoms with Crippen molar-refractivity contribution < 1.29 is 4.74 Å². The van der Waals surface area contributed by atoms with Crippen LogP contribution in [0.2, 0.25) is 0 Å². The maximum atomic E-state index is 5.69. The first-order valence-corrected chi connectivity index (χ1v) is 12.8. The van der Waals surface area contributed by atoms with Gasteiger partial charge in [0.2, 0.25) is 0 Å². The van der Waals surface area contributed by atoms with Crippen molar-refractivity contribution in [2.75, 3.05) is 32.1 Å². The number of nitrogens with zero attached hydrogens (tertiary/aromatic N) is 1. The molecule has 0 radical (unpaired) electrons. The Kier molecular flexibility index (Phi) is 12.0. The van der Waals surface area contributed by atoms with Gasteiger partial charge in [0.25, 0.3) is 0 Å². The molecule has 7 heteroatoms. The molecule has 2 aliphatic rings. The highest BCUT2D eigenvalue weighted by atomic mass is 127. The summed E-state index contributed by atoms with van der Waals surface area (Å²) in [5, 5.41) is 11.9. The van der Waals surface area contributed by atoms with Crippen molar-refractivity contribution >= 4 is 41.7 Å². The van der Waals surface area contributed by atoms with Gasteiger partial charge in [-0.05, 0) is 57.3 Å². The molecule has 1 aromatic rings. The van der Waals surface area contributed by atoms with Crippen LogP contribution in [0.3, 0.4) is 0 Å². The van der Waals surface area contributed by atoms with Crippen molar-refractivity contribution in [3.05, 3.63) is 35.9 Å². The van der Waals surface area contributed by atoms with Crippen molar-refractivity contribution in [3.8, 4) is 0 Å². The molecule has 1 aliphatic heterocycles. The van der Waals surface area contributed by atoms with Crippen molar-refractivity contribution in [2.45, 2.75) is 75.7 Å². The van der Waals surface area contributed by atoms with Crippen LogP contribution in [0.15, 0.2) is 35.3 Å². The number of halogens is 1. The van der Waals surface area contributed by atoms with E-state index in [1.165, 1.54) is 30.6 Å². The van der Waals surface area contributed by atoms with Crippen LogP contribution in [-0.2, 0) is 4.74 Å². The molecule has 1 aliphatic carbocycles. The summed E-state index contributed by atoms with van der Waals surface area (Å²) < 4.78 is 5.69. The predicted octanol–water partition coefficient (Wildman–Crippen LogP) is 4.73. The molecule has 3 unspecified atom stereocenters. The fourth-order valence-electron chi connectivity index (χ4n) is 4.60. The van der Waals surface area contributed by atoms with Gasteiger partial charge < -0.3 is 20.7 Å². The van der Waals surface area contributed by atoms with E-state index in [-0.39, 0.29) is 35.6 Å². The minimum absolute atomic E-state index is 0. The van der Waals surface area contributed by atoms with Gasteiger partial charge in [0.05, 0.1) is 6.54 Å². The third kappa shape index (κ3) is 8.41. The van der Waals surface area contributed by atoms with Gasteiger partial charge in [-0.2, -0.15) is 11.8 Å². The van der Waals surface area contributed by atoms with E-state index in [1.807, 2.05) is 0 Å². The number of guanidine groups is 1. The third-order valence-corrected chi connectivity index (χ3v) is 7.52. The number of aliphatic imine (C=N–C) groups is 1. The summed E-state index contributed by atoms with van der Waals surface area (Å²) in [7, 11) is 0. The number of hydrogen-bond acceptors (Lipinski definition) is 4. The zero-order chi connectivity index (χ0) is 21.2. The molecule has 0 aromatic heterocycles. The lowest BCUT2D eigenvalue weighted by atomic mass is 9.88. The molecule has 3 N–H and O–H groups in total. The molecule has 3 rings (SSSR count). The minimum Gasteiger partial charge on any atom is -0.381 e. The van der Waals surface area contributed by atoms with Crippen molar-refractivity contribution in [2.24, 2.45) is 4.99 Å². The maximum absolute atomic E-state index is 5.69. The van der Waals surface area contributed by atoms with Crippen LogP contribution >= 0.6 is 35.7 Å². The van der Waals surface area contributed by atoms with Crippen LogP contribution < -0.4 is 16.0 Å². The SMILES string of the molecule is CCNC(=NCC1(NC(C)c2ccccc2)CCOCC1)NC1CCC(SCC)C1.I. The van der Waals surface area contributed by atoms with E-state index < -0.39 is 0 Å². The van der Waals surface area contributed by atoms with Crippen LogP contribution in [0.5, 0.6) is 0 Å². The Labute approximate surface area is 210 Å². The van der Waals surface area contributed by atoms with Gasteiger partial charge in [-0.3, -0.25) is 4.99 Å². The molecule has 1 saturated heterocycles. The Bertz CT molecular complexity index is 654. The largest absolute Gasteiger partial charge is 0.381 e. The molecule has 31 heavy (non-hydrogen) atoms. The first-order valence-electron chi connectivity index (χ1n) is 11.7. The number of ether oxygens (including phenoxy) is 1. The van der Waals surface area contributed by atoms with Crippen LogP contribution in [0, 0.1) is 0 Å². The molecule has 0 spiro atoms. The highest BCUT2D eigenvalue weighted by Gasteiger charge is 2.34. The second kappa shape index (κ2) is 13.9. The maximum Gasteiger partial charge on any atom is 0.191 e. The zero-order valence-electron chi connectivity index (χ0n) is 19.4. The Morgan fingerprint density at radius 2 is 1.94 bits per heavy atom. The summed E-state index contributed by atoms with van der Waals surface area (Å²) in [5.41, 5.74) is 1.30. The van der Waals surface area contributed by atoms with E-state index in [0.717, 1.165) is 50.4 Å². The van der Waals surface area contributed by atoms with Crippen LogP contribution in [0.4, 0.5) is 0 Å². The summed E-state index contributed by atoms with van der Waals surface area (Å²) >= 11 is 2.10. The summed E-state index contributed by atoms with van der Waals surface area (Å²) in [6, 6.07) is 11.5. The summed E-state index contributed by atoms with van der Waals surface area (Å²) in [6.45, 7) is 9.90. The Hall–Kier alpha value is -0.510. The van der Waals surface area contributed by atoms with Crippen LogP contribution in [0.25, 0.3) is 0 Å². The molecule has 0 amide bonds. The van der Waals surface area contributed by atoms with Gasteiger partial charge in [-0.1, -0.05) is 37.3 Å². The number of nitrogens with one attached hydrogen (secondary N) is 3. The van der Waals surface area contributed by atoms with Crippen molar-refractivity contribution in [3.63, 3.8) is 0 Å². The fourth-order valence-corrected chi connectivity index (χ4v) is 5.74. The minimum atomic E-state index is -0.0217. The van der Waals surface area contributed by atoms with Crippen LogP contribution in [-0.4, -0.2) is 54.8 Å². The molecule has 1 aromatic carbocycles. The quantitative estimate of drug-likeness (QED) is 0.232. The number of rotatable bonds is 9. The molecular weight excluding hydrogens is 519 g/mol. The van der Waals surface area contributed by atoms with Gasteiger partial charge >= 0.3 is 0 Å². The second-order valence-corrected chi connectivity index (χ2v) is 10.2. The number of hydrogen-bond donors (Lipinski definition) is 3. The number of thioether (sulfide) groups is 1. The van der Waals surface area contributed by atoms with E-state index in [1.54, 1.807) is 0 Å². The van der Waals surface area contributed by atoms with E-state index in [0.29, 0.717) is 6.04 Å². The Morgan fingerprint density at radius 3 is 2.61 bits per heavy atom. The highest BCUT2D eigenvalue weighted by molar-refractivity contribution is 14.0. The zero-order valence-corrected chi connectivity index (χ0v) is 22.5. The Balaban J connectivity index is 0.00000341. The molecule has 5 nitrogen and oxygen atoms in total. The van der Waals surface area contributed by atoms with Crippen molar-refractivity contribution in [1.29, 1.82) is 0 Å². The summed E-state index contributed by atoms with van der Waals surface area (Å²) in [6.07, 6.45) is 5.78. The summed E-state index contributed by atoms with van der Waals surface area (Å²) in [5.74, 6) is 2.17. The number of benzene rings is 1. The Morgan fingerprint density at radius 1 is 1.19 bits per heavy atom. The smallest absolute Gasteiger partial charge is 0.191 e. The molecule has 0 bridgehead atoms. The molecule has 176 valence electrons. The van der Waals surface area contributed by atoms with Gasteiger partial charge in [0.15, 0.2) is 5.96 Å². The van der Waals surface area contributed by atoms with Crippen molar-refractivity contribution in [1.82, 2.24) is 16.0 Å². The predicted molar refractivity (Wildman–Crippen MR) is 145 cm³/mol. The lowest BCUT2D eigenvalue weighted by Crippen LogP contribution is -2.53. The summed E-state index contributed by atoms with van der Waals surface area (Å²) in [4.78, 5) is 5.06. The standard InChI is InChI=1S/C24H40N4OS.HI/c1-4-25-23(27-21-11-12-22(17-21)30-5-2)26-18-24(13-15-29-16-14-24)28-19(3)20-9-7-6-8-10-20;/h6-10,19,21-22,28H,4-5,11-18H2,1-3H3,(H2,25,26,27);1H. The molecule has 1 heterocycles. The first kappa shape index (κ1) is 26.7. The van der Waals surface area contributed by atoms with Gasteiger partial charge in [0, 0.05) is 42.6 Å². The first-order chi connectivity index (χ1) is 14.6. The second-order valence-electron chi connectivity index (χ2n) is 8.60. The average molecular weight is 561 g/mol. The topological polar surface area (TPSA) is 57.7 Å². The van der Waals surface area contributed by atoms with Gasteiger partial charge in [0.1, 0.15) is 0 Å². The lowest BCUT2D eigenvalue weighted by molar-refractivity contribution is 0.0374. The molecule has 3 atom stereocenters. The normalized spacial score (nSPS) is 24.3. The lowest BCUT2D eigenvalue weighted by Gasteiger charge is -2.39. The third-order valence-electron chi connectivity index (χ3n) is 6.28. The molecule has 1 saturated carbocycles. The van der Waals surface area contributed by atoms with Gasteiger partial charge in [-0.15, -0.1) is 24.0 Å². The van der Waals surface area contributed by atoms with E-state index in [4.69, 9.17) is 9.73 Å². The van der Waals surface area contributed by atoms with E-state index in [2.05, 4.69) is 78.8 Å². The van der Waals surface area contributed by atoms with Crippen LogP contribution in [0.1, 0.15) is 64.5 Å². The molecular formula is C24H41IN4OS. The fraction of sp³-hybridized carbons (Fsp3) is 0.708. The van der Waals surface area contributed by atoms with Gasteiger partial charge in [-0.25, -0.2) is 0 Å².